The summed E-state index contributed by atoms with van der Waals surface area (Å²) >= 11 is 1.63. The van der Waals surface area contributed by atoms with Gasteiger partial charge in [-0.25, -0.2) is 4.98 Å². The number of anilines is 1. The maximum Gasteiger partial charge on any atom is 0.274 e. The molecule has 1 fully saturated rings. The Morgan fingerprint density at radius 2 is 2.11 bits per heavy atom. The molecule has 1 saturated carbocycles. The highest BCUT2D eigenvalue weighted by molar-refractivity contribution is 7.99. The van der Waals surface area contributed by atoms with Crippen LogP contribution in [0.3, 0.4) is 0 Å². The predicted molar refractivity (Wildman–Crippen MR) is 111 cm³/mol. The molecular formula is C21H23N5OS. The summed E-state index contributed by atoms with van der Waals surface area (Å²) in [6.07, 6.45) is 4.03. The number of thioether (sulfide) groups is 1. The minimum atomic E-state index is -0.173. The number of hydrogen-bond acceptors (Lipinski definition) is 5. The fraction of sp³-hybridized carbons (Fsp3) is 0.333. The number of aryl methyl sites for hydroxylation is 2. The summed E-state index contributed by atoms with van der Waals surface area (Å²) in [4.78, 5) is 17.3. The van der Waals surface area contributed by atoms with Gasteiger partial charge in [0.05, 0.1) is 0 Å². The molecule has 4 rings (SSSR count). The van der Waals surface area contributed by atoms with Crippen molar-refractivity contribution in [2.45, 2.75) is 43.0 Å². The summed E-state index contributed by atoms with van der Waals surface area (Å²) in [6, 6.07) is 11.7. The molecule has 0 radical (unpaired) electrons. The van der Waals surface area contributed by atoms with Gasteiger partial charge in [0.2, 0.25) is 0 Å². The standard InChI is InChI=1S/C21H23N5OS/c1-13-7-10-18(24-19(13)15-8-9-15)20(27)23-17-6-4-5-16(11-17)14(2)28-21-25-22-12-26(21)3/h4-7,10-12,14-15H,8-9H2,1-3H3,(H,23,27)/t14-/m0/s1. The average molecular weight is 394 g/mol. The van der Waals surface area contributed by atoms with E-state index in [4.69, 9.17) is 0 Å². The van der Waals surface area contributed by atoms with Crippen LogP contribution >= 0.6 is 11.8 Å². The molecule has 144 valence electrons. The van der Waals surface area contributed by atoms with Crippen molar-refractivity contribution in [1.29, 1.82) is 0 Å². The van der Waals surface area contributed by atoms with Crippen LogP contribution in [0.25, 0.3) is 0 Å². The molecule has 0 aliphatic heterocycles. The monoisotopic (exact) mass is 393 g/mol. The van der Waals surface area contributed by atoms with Gasteiger partial charge in [-0.3, -0.25) is 4.79 Å². The molecule has 2 aromatic heterocycles. The molecule has 1 aromatic carbocycles. The van der Waals surface area contributed by atoms with Crippen molar-refractivity contribution in [3.05, 3.63) is 65.2 Å². The number of benzene rings is 1. The molecule has 1 aliphatic carbocycles. The quantitative estimate of drug-likeness (QED) is 0.624. The molecular weight excluding hydrogens is 370 g/mol. The van der Waals surface area contributed by atoms with Gasteiger partial charge in [-0.15, -0.1) is 10.2 Å². The highest BCUT2D eigenvalue weighted by atomic mass is 32.2. The van der Waals surface area contributed by atoms with Crippen LogP contribution in [0, 0.1) is 6.92 Å². The van der Waals surface area contributed by atoms with E-state index in [1.54, 1.807) is 24.2 Å². The number of nitrogens with zero attached hydrogens (tertiary/aromatic N) is 4. The zero-order valence-corrected chi connectivity index (χ0v) is 17.0. The van der Waals surface area contributed by atoms with Crippen molar-refractivity contribution in [2.24, 2.45) is 7.05 Å². The zero-order valence-electron chi connectivity index (χ0n) is 16.2. The summed E-state index contributed by atoms with van der Waals surface area (Å²) in [6.45, 7) is 4.17. The van der Waals surface area contributed by atoms with Gasteiger partial charge in [0.1, 0.15) is 12.0 Å². The van der Waals surface area contributed by atoms with E-state index < -0.39 is 0 Å². The molecule has 7 heteroatoms. The molecule has 1 aliphatic rings. The van der Waals surface area contributed by atoms with Crippen molar-refractivity contribution in [3.8, 4) is 0 Å². The normalized spacial score (nSPS) is 14.7. The van der Waals surface area contributed by atoms with E-state index in [1.165, 1.54) is 12.8 Å². The predicted octanol–water partition coefficient (Wildman–Crippen LogP) is 4.50. The molecule has 6 nitrogen and oxygen atoms in total. The van der Waals surface area contributed by atoms with Crippen molar-refractivity contribution < 1.29 is 4.79 Å². The van der Waals surface area contributed by atoms with Gasteiger partial charge in [0.25, 0.3) is 5.91 Å². The molecule has 1 atom stereocenters. The Balaban J connectivity index is 1.48. The van der Waals surface area contributed by atoms with E-state index in [2.05, 4.69) is 40.4 Å². The molecule has 1 N–H and O–H groups in total. The highest BCUT2D eigenvalue weighted by Gasteiger charge is 2.27. The van der Waals surface area contributed by atoms with Crippen LogP contribution in [-0.4, -0.2) is 25.7 Å². The summed E-state index contributed by atoms with van der Waals surface area (Å²) in [5.74, 6) is 0.349. The van der Waals surface area contributed by atoms with E-state index >= 15 is 0 Å². The zero-order chi connectivity index (χ0) is 19.7. The van der Waals surface area contributed by atoms with Gasteiger partial charge in [-0.1, -0.05) is 30.0 Å². The number of rotatable bonds is 6. The van der Waals surface area contributed by atoms with Crippen LogP contribution in [-0.2, 0) is 7.05 Å². The molecule has 1 amide bonds. The minimum absolute atomic E-state index is 0.173. The smallest absolute Gasteiger partial charge is 0.274 e. The number of carbonyl (C=O) groups is 1. The van der Waals surface area contributed by atoms with Crippen molar-refractivity contribution in [1.82, 2.24) is 19.7 Å². The Labute approximate surface area is 168 Å². The van der Waals surface area contributed by atoms with Gasteiger partial charge >= 0.3 is 0 Å². The first-order valence-electron chi connectivity index (χ1n) is 9.41. The highest BCUT2D eigenvalue weighted by Crippen LogP contribution is 2.40. The first kappa shape index (κ1) is 18.7. The van der Waals surface area contributed by atoms with Gasteiger partial charge in [0, 0.05) is 29.6 Å². The largest absolute Gasteiger partial charge is 0.321 e. The van der Waals surface area contributed by atoms with Crippen molar-refractivity contribution in [3.63, 3.8) is 0 Å². The van der Waals surface area contributed by atoms with E-state index in [9.17, 15) is 4.79 Å². The van der Waals surface area contributed by atoms with Crippen LogP contribution in [0.1, 0.15) is 58.2 Å². The first-order chi connectivity index (χ1) is 13.5. The topological polar surface area (TPSA) is 72.7 Å². The van der Waals surface area contributed by atoms with Gasteiger partial charge in [-0.05, 0) is 56.0 Å². The fourth-order valence-corrected chi connectivity index (χ4v) is 4.02. The molecule has 0 bridgehead atoms. The van der Waals surface area contributed by atoms with Crippen molar-refractivity contribution >= 4 is 23.4 Å². The lowest BCUT2D eigenvalue weighted by Crippen LogP contribution is -2.15. The lowest BCUT2D eigenvalue weighted by atomic mass is 10.1. The first-order valence-corrected chi connectivity index (χ1v) is 10.3. The lowest BCUT2D eigenvalue weighted by Gasteiger charge is -2.13. The fourth-order valence-electron chi connectivity index (χ4n) is 3.11. The summed E-state index contributed by atoms with van der Waals surface area (Å²) < 4.78 is 1.90. The van der Waals surface area contributed by atoms with Crippen LogP contribution in [0.5, 0.6) is 0 Å². The van der Waals surface area contributed by atoms with E-state index in [0.29, 0.717) is 11.6 Å². The Bertz CT molecular complexity index is 1010. The minimum Gasteiger partial charge on any atom is -0.321 e. The third-order valence-corrected chi connectivity index (χ3v) is 6.10. The van der Waals surface area contributed by atoms with Crippen LogP contribution in [0.4, 0.5) is 5.69 Å². The second-order valence-electron chi connectivity index (χ2n) is 7.24. The number of aromatic nitrogens is 4. The van der Waals surface area contributed by atoms with Gasteiger partial charge in [0.15, 0.2) is 5.16 Å². The molecule has 3 aromatic rings. The lowest BCUT2D eigenvalue weighted by molar-refractivity contribution is 0.102. The third-order valence-electron chi connectivity index (χ3n) is 4.90. The van der Waals surface area contributed by atoms with E-state index in [1.807, 2.05) is 35.9 Å². The molecule has 0 unspecified atom stereocenters. The molecule has 2 heterocycles. The average Bonchev–Trinajstić information content (AvgIpc) is 3.45. The number of carbonyl (C=O) groups excluding carboxylic acids is 1. The second-order valence-corrected chi connectivity index (χ2v) is 8.54. The van der Waals surface area contributed by atoms with Crippen LogP contribution in [0.15, 0.2) is 47.9 Å². The van der Waals surface area contributed by atoms with Crippen LogP contribution in [0.2, 0.25) is 0 Å². The number of nitrogens with one attached hydrogen (secondary N) is 1. The van der Waals surface area contributed by atoms with Crippen molar-refractivity contribution in [2.75, 3.05) is 5.32 Å². The second kappa shape index (κ2) is 7.75. The number of hydrogen-bond donors (Lipinski definition) is 1. The Kier molecular flexibility index (Phi) is 5.17. The number of pyridine rings is 1. The van der Waals surface area contributed by atoms with Gasteiger partial charge < -0.3 is 9.88 Å². The Morgan fingerprint density at radius 1 is 1.29 bits per heavy atom. The Hall–Kier alpha value is -2.67. The number of amides is 1. The van der Waals surface area contributed by atoms with Gasteiger partial charge in [-0.2, -0.15) is 0 Å². The summed E-state index contributed by atoms with van der Waals surface area (Å²) in [5, 5.41) is 12.1. The SMILES string of the molecule is Cc1ccc(C(=O)Nc2cccc([C@H](C)Sc3nncn3C)c2)nc1C1CC1. The summed E-state index contributed by atoms with van der Waals surface area (Å²) in [7, 11) is 1.93. The maximum atomic E-state index is 12.7. The van der Waals surface area contributed by atoms with Crippen LogP contribution < -0.4 is 5.32 Å². The molecule has 28 heavy (non-hydrogen) atoms. The van der Waals surface area contributed by atoms with E-state index in [-0.39, 0.29) is 11.2 Å². The maximum absolute atomic E-state index is 12.7. The third kappa shape index (κ3) is 4.09. The summed E-state index contributed by atoms with van der Waals surface area (Å²) in [5.41, 5.74) is 4.58. The molecule has 0 spiro atoms. The Morgan fingerprint density at radius 3 is 2.82 bits per heavy atom. The van der Waals surface area contributed by atoms with E-state index in [0.717, 1.165) is 27.7 Å². The molecule has 0 saturated heterocycles.